The van der Waals surface area contributed by atoms with Crippen LogP contribution >= 0.6 is 0 Å². The molecule has 1 aromatic carbocycles. The minimum absolute atomic E-state index is 0.220. The molecule has 0 unspecified atom stereocenters. The molecule has 0 aliphatic carbocycles. The van der Waals surface area contributed by atoms with E-state index in [1.807, 2.05) is 39.8 Å². The summed E-state index contributed by atoms with van der Waals surface area (Å²) in [7, 11) is 3.08. The minimum Gasteiger partial charge on any atom is -0.496 e. The van der Waals surface area contributed by atoms with Crippen molar-refractivity contribution in [2.75, 3.05) is 26.1 Å². The van der Waals surface area contributed by atoms with Crippen LogP contribution in [0.3, 0.4) is 0 Å². The lowest BCUT2D eigenvalue weighted by atomic mass is 9.93. The van der Waals surface area contributed by atoms with Gasteiger partial charge in [-0.2, -0.15) is 0 Å². The first kappa shape index (κ1) is 15.3. The van der Waals surface area contributed by atoms with Gasteiger partial charge in [0.25, 0.3) is 0 Å². The van der Waals surface area contributed by atoms with Crippen molar-refractivity contribution in [1.82, 2.24) is 0 Å². The summed E-state index contributed by atoms with van der Waals surface area (Å²) in [6.45, 7) is 8.24. The van der Waals surface area contributed by atoms with Gasteiger partial charge in [-0.05, 0) is 51.0 Å². The Morgan fingerprint density at radius 2 is 1.74 bits per heavy atom. The largest absolute Gasteiger partial charge is 0.496 e. The standard InChI is InChI=1S/C15H23NO3/c1-10-7-12(8-11(2)13(10)18-5)16-9-15(3,4)14(17)19-6/h7-8,16H,9H2,1-6H3. The quantitative estimate of drug-likeness (QED) is 0.832. The van der Waals surface area contributed by atoms with Gasteiger partial charge in [-0.15, -0.1) is 0 Å². The van der Waals surface area contributed by atoms with Crippen LogP contribution in [0.2, 0.25) is 0 Å². The van der Waals surface area contributed by atoms with E-state index in [-0.39, 0.29) is 5.97 Å². The lowest BCUT2D eigenvalue weighted by Crippen LogP contribution is -2.33. The van der Waals surface area contributed by atoms with Crippen molar-refractivity contribution in [2.24, 2.45) is 5.41 Å². The smallest absolute Gasteiger partial charge is 0.313 e. The summed E-state index contributed by atoms with van der Waals surface area (Å²) in [5.41, 5.74) is 2.56. The summed E-state index contributed by atoms with van der Waals surface area (Å²) in [6, 6.07) is 4.03. The molecule has 4 nitrogen and oxygen atoms in total. The van der Waals surface area contributed by atoms with Gasteiger partial charge in [-0.25, -0.2) is 0 Å². The van der Waals surface area contributed by atoms with Gasteiger partial charge in [0, 0.05) is 12.2 Å². The molecule has 0 aromatic heterocycles. The van der Waals surface area contributed by atoms with Gasteiger partial charge in [0.1, 0.15) is 5.75 Å². The van der Waals surface area contributed by atoms with E-state index in [9.17, 15) is 4.79 Å². The van der Waals surface area contributed by atoms with Crippen LogP contribution in [0.4, 0.5) is 5.69 Å². The Morgan fingerprint density at radius 1 is 1.21 bits per heavy atom. The molecular formula is C15H23NO3. The molecule has 4 heteroatoms. The second-order valence-corrected chi connectivity index (χ2v) is 5.37. The Kier molecular flexibility index (Phi) is 4.81. The Bertz CT molecular complexity index is 443. The van der Waals surface area contributed by atoms with Crippen molar-refractivity contribution >= 4 is 11.7 Å². The first-order chi connectivity index (χ1) is 8.81. The predicted octanol–water partition coefficient (Wildman–Crippen LogP) is 2.92. The molecule has 0 atom stereocenters. The summed E-state index contributed by atoms with van der Waals surface area (Å²) < 4.78 is 10.1. The number of benzene rings is 1. The predicted molar refractivity (Wildman–Crippen MR) is 76.8 cm³/mol. The molecule has 1 rings (SSSR count). The zero-order chi connectivity index (χ0) is 14.6. The van der Waals surface area contributed by atoms with Crippen LogP contribution in [0.1, 0.15) is 25.0 Å². The van der Waals surface area contributed by atoms with Gasteiger partial charge >= 0.3 is 5.97 Å². The highest BCUT2D eigenvalue weighted by Crippen LogP contribution is 2.27. The minimum atomic E-state index is -0.559. The third-order valence-corrected chi connectivity index (χ3v) is 3.14. The summed E-state index contributed by atoms with van der Waals surface area (Å²) in [5.74, 6) is 0.680. The highest BCUT2D eigenvalue weighted by Gasteiger charge is 2.28. The number of ether oxygens (including phenoxy) is 2. The molecule has 0 radical (unpaired) electrons. The summed E-state index contributed by atoms with van der Waals surface area (Å²) >= 11 is 0. The Balaban J connectivity index is 2.82. The van der Waals surface area contributed by atoms with Gasteiger partial charge < -0.3 is 14.8 Å². The van der Waals surface area contributed by atoms with Crippen LogP contribution < -0.4 is 10.1 Å². The van der Waals surface area contributed by atoms with E-state index < -0.39 is 5.41 Å². The van der Waals surface area contributed by atoms with Gasteiger partial charge in [0.15, 0.2) is 0 Å². The van der Waals surface area contributed by atoms with E-state index in [1.54, 1.807) is 7.11 Å². The molecule has 19 heavy (non-hydrogen) atoms. The molecule has 0 fully saturated rings. The number of hydrogen-bond acceptors (Lipinski definition) is 4. The molecule has 1 N–H and O–H groups in total. The normalized spacial score (nSPS) is 11.1. The molecule has 0 amide bonds. The van der Waals surface area contributed by atoms with Gasteiger partial charge in [-0.1, -0.05) is 0 Å². The van der Waals surface area contributed by atoms with Crippen molar-refractivity contribution in [3.63, 3.8) is 0 Å². The Labute approximate surface area is 115 Å². The number of esters is 1. The number of methoxy groups -OCH3 is 2. The van der Waals surface area contributed by atoms with E-state index in [4.69, 9.17) is 9.47 Å². The maximum Gasteiger partial charge on any atom is 0.313 e. The molecule has 106 valence electrons. The average Bonchev–Trinajstić information content (AvgIpc) is 2.35. The highest BCUT2D eigenvalue weighted by molar-refractivity contribution is 5.76. The molecule has 0 aliphatic heterocycles. The van der Waals surface area contributed by atoms with Crippen LogP contribution in [0, 0.1) is 19.3 Å². The van der Waals surface area contributed by atoms with E-state index in [0.717, 1.165) is 22.6 Å². The number of carbonyl (C=O) groups is 1. The highest BCUT2D eigenvalue weighted by atomic mass is 16.5. The topological polar surface area (TPSA) is 47.6 Å². The molecular weight excluding hydrogens is 242 g/mol. The van der Waals surface area contributed by atoms with Crippen molar-refractivity contribution in [1.29, 1.82) is 0 Å². The molecule has 0 spiro atoms. The van der Waals surface area contributed by atoms with Crippen LogP contribution in [0.15, 0.2) is 12.1 Å². The van der Waals surface area contributed by atoms with Crippen LogP contribution in [0.25, 0.3) is 0 Å². The maximum absolute atomic E-state index is 11.6. The molecule has 0 aliphatic rings. The zero-order valence-electron chi connectivity index (χ0n) is 12.6. The van der Waals surface area contributed by atoms with E-state index in [0.29, 0.717) is 6.54 Å². The van der Waals surface area contributed by atoms with Crippen LogP contribution in [0.5, 0.6) is 5.75 Å². The number of anilines is 1. The fraction of sp³-hybridized carbons (Fsp3) is 0.533. The maximum atomic E-state index is 11.6. The second-order valence-electron chi connectivity index (χ2n) is 5.37. The fourth-order valence-electron chi connectivity index (χ4n) is 2.05. The third-order valence-electron chi connectivity index (χ3n) is 3.14. The van der Waals surface area contributed by atoms with E-state index in [1.165, 1.54) is 7.11 Å². The number of aryl methyl sites for hydroxylation is 2. The van der Waals surface area contributed by atoms with Crippen molar-refractivity contribution in [2.45, 2.75) is 27.7 Å². The number of carbonyl (C=O) groups excluding carboxylic acids is 1. The molecule has 0 saturated heterocycles. The molecule has 1 aromatic rings. The number of hydrogen-bond donors (Lipinski definition) is 1. The molecule has 0 saturated carbocycles. The zero-order valence-corrected chi connectivity index (χ0v) is 12.6. The van der Waals surface area contributed by atoms with Crippen LogP contribution in [-0.4, -0.2) is 26.7 Å². The summed E-state index contributed by atoms with van der Waals surface area (Å²) in [5, 5.41) is 3.28. The fourth-order valence-corrected chi connectivity index (χ4v) is 2.05. The van der Waals surface area contributed by atoms with Crippen molar-refractivity contribution in [3.05, 3.63) is 23.3 Å². The summed E-state index contributed by atoms with van der Waals surface area (Å²) in [6.07, 6.45) is 0. The number of nitrogens with one attached hydrogen (secondary N) is 1. The van der Waals surface area contributed by atoms with Crippen LogP contribution in [-0.2, 0) is 9.53 Å². The summed E-state index contributed by atoms with van der Waals surface area (Å²) in [4.78, 5) is 11.6. The lowest BCUT2D eigenvalue weighted by Gasteiger charge is -2.23. The monoisotopic (exact) mass is 265 g/mol. The first-order valence-electron chi connectivity index (χ1n) is 6.29. The lowest BCUT2D eigenvalue weighted by molar-refractivity contribution is -0.149. The van der Waals surface area contributed by atoms with Crippen molar-refractivity contribution in [3.8, 4) is 5.75 Å². The van der Waals surface area contributed by atoms with Gasteiger partial charge in [0.05, 0.1) is 19.6 Å². The molecule has 0 bridgehead atoms. The van der Waals surface area contributed by atoms with Gasteiger partial charge in [-0.3, -0.25) is 4.79 Å². The average molecular weight is 265 g/mol. The van der Waals surface area contributed by atoms with Crippen molar-refractivity contribution < 1.29 is 14.3 Å². The van der Waals surface area contributed by atoms with E-state index in [2.05, 4.69) is 5.32 Å². The number of rotatable bonds is 5. The van der Waals surface area contributed by atoms with E-state index >= 15 is 0 Å². The third kappa shape index (κ3) is 3.63. The Morgan fingerprint density at radius 3 is 2.16 bits per heavy atom. The first-order valence-corrected chi connectivity index (χ1v) is 6.29. The molecule has 0 heterocycles. The SMILES string of the molecule is COC(=O)C(C)(C)CNc1cc(C)c(OC)c(C)c1. The Hall–Kier alpha value is -1.71. The van der Waals surface area contributed by atoms with Gasteiger partial charge in [0.2, 0.25) is 0 Å². The second kappa shape index (κ2) is 5.95.